The molecule has 0 bridgehead atoms. The number of nitrogens with one attached hydrogen (secondary N) is 1. The first-order valence-electron chi connectivity index (χ1n) is 12.2. The van der Waals surface area contributed by atoms with Crippen molar-refractivity contribution in [1.82, 2.24) is 9.88 Å². The van der Waals surface area contributed by atoms with Gasteiger partial charge < -0.3 is 21.1 Å². The number of aromatic nitrogens is 1. The van der Waals surface area contributed by atoms with Crippen LogP contribution < -0.4 is 16.0 Å². The molecular weight excluding hydrogens is 484 g/mol. The number of ketones is 1. The fourth-order valence-electron chi connectivity index (χ4n) is 5.00. The maximum atomic E-state index is 13.5. The first-order valence-corrected chi connectivity index (χ1v) is 13.0. The minimum absolute atomic E-state index is 0.0142. The van der Waals surface area contributed by atoms with E-state index in [0.717, 1.165) is 86.7 Å². The highest BCUT2D eigenvalue weighted by Crippen LogP contribution is 2.31. The number of hydrogen-bond donors (Lipinski definition) is 3. The average Bonchev–Trinajstić information content (AvgIpc) is 3.25. The first kappa shape index (κ1) is 24.6. The Hall–Kier alpha value is -3.08. The molecule has 3 heterocycles. The second kappa shape index (κ2) is 10.5. The lowest BCUT2D eigenvalue weighted by Crippen LogP contribution is -2.49. The van der Waals surface area contributed by atoms with Crippen LogP contribution in [0.3, 0.4) is 0 Å². The van der Waals surface area contributed by atoms with Crippen LogP contribution in [-0.4, -0.2) is 59.1 Å². The summed E-state index contributed by atoms with van der Waals surface area (Å²) < 4.78 is 26.7. The van der Waals surface area contributed by atoms with E-state index in [4.69, 9.17) is 5.73 Å². The third-order valence-corrected chi connectivity index (χ3v) is 7.92. The Morgan fingerprint density at radius 3 is 2.50 bits per heavy atom. The zero-order valence-corrected chi connectivity index (χ0v) is 20.6. The van der Waals surface area contributed by atoms with Crippen LogP contribution in [0.15, 0.2) is 42.5 Å². The van der Waals surface area contributed by atoms with Gasteiger partial charge in [-0.25, -0.2) is 13.8 Å². The number of thiazole rings is 1. The molecule has 2 aliphatic rings. The van der Waals surface area contributed by atoms with Crippen LogP contribution in [-0.2, 0) is 0 Å². The number of rotatable bonds is 6. The largest absolute Gasteiger partial charge is 0.392 e. The van der Waals surface area contributed by atoms with Crippen molar-refractivity contribution in [3.8, 4) is 0 Å². The van der Waals surface area contributed by atoms with Gasteiger partial charge >= 0.3 is 0 Å². The molecule has 0 aliphatic carbocycles. The van der Waals surface area contributed by atoms with E-state index in [1.807, 2.05) is 12.1 Å². The quantitative estimate of drug-likeness (QED) is 0.421. The standard InChI is InChI=1S/C26H29F2N5O2S/c27-21-8-3-16(14-22(21)28)23(35)24-25(29)31-26(36-24)30-17-4-6-18(7-5-17)32-12-9-19(10-13-32)33-11-1-2-20(34)15-33/h3-8,14,19-20,34H,1-2,9-13,15,29H2,(H,30,31). The summed E-state index contributed by atoms with van der Waals surface area (Å²) >= 11 is 1.07. The third-order valence-electron chi connectivity index (χ3n) is 6.93. The topological polar surface area (TPSA) is 94.7 Å². The normalized spacial score (nSPS) is 19.4. The van der Waals surface area contributed by atoms with Crippen LogP contribution in [0.25, 0.3) is 0 Å². The molecule has 1 aromatic heterocycles. The lowest BCUT2D eigenvalue weighted by atomic mass is 9.98. The van der Waals surface area contributed by atoms with E-state index in [2.05, 4.69) is 32.2 Å². The van der Waals surface area contributed by atoms with Crippen molar-refractivity contribution in [2.75, 3.05) is 42.1 Å². The van der Waals surface area contributed by atoms with Crippen molar-refractivity contribution < 1.29 is 18.7 Å². The number of nitrogens with zero attached hydrogens (tertiary/aromatic N) is 3. The number of nitrogens with two attached hydrogens (primary N) is 1. The number of β-amino-alcohol motifs (C(OH)–C–C–N with tert-alkyl or cyclic N) is 1. The van der Waals surface area contributed by atoms with Gasteiger partial charge in [0, 0.05) is 42.6 Å². The molecule has 5 rings (SSSR count). The number of halogens is 2. The molecule has 190 valence electrons. The highest BCUT2D eigenvalue weighted by Gasteiger charge is 2.28. The monoisotopic (exact) mass is 513 g/mol. The predicted molar refractivity (Wildman–Crippen MR) is 138 cm³/mol. The second-order valence-electron chi connectivity index (χ2n) is 9.37. The molecule has 7 nitrogen and oxygen atoms in total. The molecule has 10 heteroatoms. The molecule has 0 amide bonds. The Morgan fingerprint density at radius 1 is 1.06 bits per heavy atom. The number of anilines is 4. The molecule has 0 spiro atoms. The lowest BCUT2D eigenvalue weighted by molar-refractivity contribution is 0.0398. The van der Waals surface area contributed by atoms with Crippen molar-refractivity contribution in [3.63, 3.8) is 0 Å². The summed E-state index contributed by atoms with van der Waals surface area (Å²) in [7, 11) is 0. The lowest BCUT2D eigenvalue weighted by Gasteiger charge is -2.42. The molecule has 3 aromatic rings. The van der Waals surface area contributed by atoms with Gasteiger partial charge in [-0.2, -0.15) is 0 Å². The predicted octanol–water partition coefficient (Wildman–Crippen LogP) is 4.40. The number of hydrogen-bond acceptors (Lipinski definition) is 8. The third kappa shape index (κ3) is 5.35. The Labute approximate surface area is 212 Å². The van der Waals surface area contributed by atoms with Crippen LogP contribution in [0, 0.1) is 11.6 Å². The number of benzene rings is 2. The fourth-order valence-corrected chi connectivity index (χ4v) is 5.87. The van der Waals surface area contributed by atoms with Gasteiger partial charge in [-0.3, -0.25) is 9.69 Å². The molecule has 1 atom stereocenters. The van der Waals surface area contributed by atoms with E-state index in [0.29, 0.717) is 11.2 Å². The number of aliphatic hydroxyl groups excluding tert-OH is 1. The Balaban J connectivity index is 1.19. The molecule has 2 fully saturated rings. The van der Waals surface area contributed by atoms with E-state index in [1.54, 1.807) is 0 Å². The van der Waals surface area contributed by atoms with Gasteiger partial charge in [0.05, 0.1) is 6.10 Å². The van der Waals surface area contributed by atoms with Crippen LogP contribution >= 0.6 is 11.3 Å². The molecule has 2 aliphatic heterocycles. The van der Waals surface area contributed by atoms with Crippen LogP contribution in [0.4, 0.5) is 31.1 Å². The van der Waals surface area contributed by atoms with Crippen LogP contribution in [0.1, 0.15) is 40.9 Å². The number of piperidine rings is 2. The number of nitrogen functional groups attached to an aromatic ring is 1. The Bertz CT molecular complexity index is 1230. The Kier molecular flexibility index (Phi) is 7.17. The minimum Gasteiger partial charge on any atom is -0.392 e. The van der Waals surface area contributed by atoms with Crippen LogP contribution in [0.5, 0.6) is 0 Å². The molecule has 0 saturated carbocycles. The number of likely N-dealkylation sites (tertiary alicyclic amines) is 1. The van der Waals surface area contributed by atoms with Crippen molar-refractivity contribution in [2.45, 2.75) is 37.8 Å². The molecule has 0 radical (unpaired) electrons. The van der Waals surface area contributed by atoms with E-state index >= 15 is 0 Å². The van der Waals surface area contributed by atoms with Gasteiger partial charge in [-0.05, 0) is 74.7 Å². The average molecular weight is 514 g/mol. The van der Waals surface area contributed by atoms with Crippen molar-refractivity contribution >= 4 is 39.4 Å². The van der Waals surface area contributed by atoms with Gasteiger partial charge in [-0.15, -0.1) is 0 Å². The zero-order valence-electron chi connectivity index (χ0n) is 19.8. The van der Waals surface area contributed by atoms with Crippen LogP contribution in [0.2, 0.25) is 0 Å². The molecule has 4 N–H and O–H groups in total. The first-order chi connectivity index (χ1) is 17.4. The van der Waals surface area contributed by atoms with E-state index < -0.39 is 17.4 Å². The van der Waals surface area contributed by atoms with Crippen molar-refractivity contribution in [1.29, 1.82) is 0 Å². The second-order valence-corrected chi connectivity index (χ2v) is 10.4. The molecule has 1 unspecified atom stereocenters. The fraction of sp³-hybridized carbons (Fsp3) is 0.385. The minimum atomic E-state index is -1.09. The van der Waals surface area contributed by atoms with Crippen molar-refractivity contribution in [3.05, 3.63) is 64.5 Å². The van der Waals surface area contributed by atoms with E-state index in [9.17, 15) is 18.7 Å². The summed E-state index contributed by atoms with van der Waals surface area (Å²) in [6, 6.07) is 11.6. The number of aliphatic hydroxyl groups is 1. The molecule has 36 heavy (non-hydrogen) atoms. The molecule has 2 aromatic carbocycles. The van der Waals surface area contributed by atoms with Gasteiger partial charge in [-0.1, -0.05) is 11.3 Å². The Morgan fingerprint density at radius 2 is 1.81 bits per heavy atom. The summed E-state index contributed by atoms with van der Waals surface area (Å²) in [5.74, 6) is -2.56. The van der Waals surface area contributed by atoms with Crippen molar-refractivity contribution in [2.24, 2.45) is 0 Å². The number of carbonyl (C=O) groups excluding carboxylic acids is 1. The maximum Gasteiger partial charge on any atom is 0.206 e. The van der Waals surface area contributed by atoms with Gasteiger partial charge in [0.25, 0.3) is 0 Å². The summed E-state index contributed by atoms with van der Waals surface area (Å²) in [6.45, 7) is 3.82. The SMILES string of the molecule is Nc1nc(Nc2ccc(N3CCC(N4CCCC(O)C4)CC3)cc2)sc1C(=O)c1ccc(F)c(F)c1. The smallest absolute Gasteiger partial charge is 0.206 e. The highest BCUT2D eigenvalue weighted by atomic mass is 32.1. The highest BCUT2D eigenvalue weighted by molar-refractivity contribution is 7.18. The van der Waals surface area contributed by atoms with E-state index in [-0.39, 0.29) is 22.4 Å². The summed E-state index contributed by atoms with van der Waals surface area (Å²) in [5.41, 5.74) is 7.90. The molecule has 2 saturated heterocycles. The summed E-state index contributed by atoms with van der Waals surface area (Å²) in [5, 5.41) is 13.6. The van der Waals surface area contributed by atoms with Gasteiger partial charge in [0.1, 0.15) is 10.7 Å². The summed E-state index contributed by atoms with van der Waals surface area (Å²) in [6.07, 6.45) is 3.96. The van der Waals surface area contributed by atoms with Gasteiger partial charge in [0.2, 0.25) is 5.78 Å². The summed E-state index contributed by atoms with van der Waals surface area (Å²) in [4.78, 5) is 21.9. The maximum absolute atomic E-state index is 13.5. The number of carbonyl (C=O) groups is 1. The van der Waals surface area contributed by atoms with Gasteiger partial charge in [0.15, 0.2) is 16.8 Å². The molecular formula is C26H29F2N5O2S. The zero-order chi connectivity index (χ0) is 25.2. The van der Waals surface area contributed by atoms with E-state index in [1.165, 1.54) is 6.07 Å².